The van der Waals surface area contributed by atoms with E-state index in [0.29, 0.717) is 0 Å². The van der Waals surface area contributed by atoms with Crippen LogP contribution in [0.15, 0.2) is 11.9 Å². The van der Waals surface area contributed by atoms with Gasteiger partial charge in [-0.15, -0.1) is 0 Å². The van der Waals surface area contributed by atoms with Crippen LogP contribution in [0.2, 0.25) is 0 Å². The Morgan fingerprint density at radius 1 is 1.50 bits per heavy atom. The fourth-order valence-electron chi connectivity index (χ4n) is 0.630. The first kappa shape index (κ1) is 7.67. The Bertz CT molecular complexity index is 74.5. The Hall–Kier alpha value is -0.330. The largest absolute Gasteiger partial charge is 0.216 e. The van der Waals surface area contributed by atoms with Gasteiger partial charge in [-0.3, -0.25) is 0 Å². The van der Waals surface area contributed by atoms with E-state index in [1.807, 2.05) is 6.92 Å². The molecule has 0 heterocycles. The summed E-state index contributed by atoms with van der Waals surface area (Å²) in [4.78, 5) is 0. The lowest BCUT2D eigenvalue weighted by Gasteiger charge is -1.95. The summed E-state index contributed by atoms with van der Waals surface area (Å²) < 4.78 is 11.7. The second-order valence-electron chi connectivity index (χ2n) is 1.87. The van der Waals surface area contributed by atoms with Gasteiger partial charge in [0.2, 0.25) is 0 Å². The topological polar surface area (TPSA) is 0 Å². The average molecular weight is 116 g/mol. The predicted octanol–water partition coefficient (Wildman–Crippen LogP) is 3.05. The van der Waals surface area contributed by atoms with Crippen molar-refractivity contribution < 1.29 is 4.39 Å². The van der Waals surface area contributed by atoms with E-state index in [2.05, 4.69) is 6.92 Å². The fourth-order valence-corrected chi connectivity index (χ4v) is 0.630. The molecule has 0 saturated carbocycles. The summed E-state index contributed by atoms with van der Waals surface area (Å²) in [5, 5.41) is 0. The second kappa shape index (κ2) is 4.82. The van der Waals surface area contributed by atoms with E-state index in [1.165, 1.54) is 0 Å². The molecule has 8 heavy (non-hydrogen) atoms. The summed E-state index contributed by atoms with van der Waals surface area (Å²) in [5.41, 5.74) is 0.924. The van der Waals surface area contributed by atoms with Gasteiger partial charge in [0.15, 0.2) is 0 Å². The van der Waals surface area contributed by atoms with E-state index < -0.39 is 0 Å². The van der Waals surface area contributed by atoms with Crippen LogP contribution in [-0.4, -0.2) is 0 Å². The zero-order valence-electron chi connectivity index (χ0n) is 5.58. The van der Waals surface area contributed by atoms with Gasteiger partial charge in [0.1, 0.15) is 0 Å². The molecule has 0 saturated heterocycles. The van der Waals surface area contributed by atoms with E-state index in [9.17, 15) is 4.39 Å². The minimum atomic E-state index is 0.726. The molecule has 0 bridgehead atoms. The molecule has 0 atom stereocenters. The zero-order valence-corrected chi connectivity index (χ0v) is 5.58. The third-order valence-electron chi connectivity index (χ3n) is 1.18. The normalized spacial score (nSPS) is 12.1. The number of hydrogen-bond acceptors (Lipinski definition) is 0. The predicted molar refractivity (Wildman–Crippen MR) is 34.4 cm³/mol. The van der Waals surface area contributed by atoms with Gasteiger partial charge in [-0.2, -0.15) is 0 Å². The molecule has 0 spiro atoms. The zero-order chi connectivity index (χ0) is 6.41. The summed E-state index contributed by atoms with van der Waals surface area (Å²) in [6.45, 7) is 4.03. The third-order valence-corrected chi connectivity index (χ3v) is 1.18. The maximum Gasteiger partial charge on any atom is 0.0858 e. The lowest BCUT2D eigenvalue weighted by molar-refractivity contribution is 0.685. The Morgan fingerprint density at radius 3 is 2.25 bits per heavy atom. The minimum Gasteiger partial charge on any atom is -0.216 e. The van der Waals surface area contributed by atoms with Crippen molar-refractivity contribution in [1.82, 2.24) is 0 Å². The molecule has 0 radical (unpaired) electrons. The van der Waals surface area contributed by atoms with Gasteiger partial charge in [0.25, 0.3) is 0 Å². The summed E-state index contributed by atoms with van der Waals surface area (Å²) in [6.07, 6.45) is 3.53. The number of allylic oxidation sites excluding steroid dienone is 1. The van der Waals surface area contributed by atoms with Crippen molar-refractivity contribution in [1.29, 1.82) is 0 Å². The fraction of sp³-hybridized carbons (Fsp3) is 0.714. The van der Waals surface area contributed by atoms with Gasteiger partial charge in [0, 0.05) is 0 Å². The number of halogens is 1. The van der Waals surface area contributed by atoms with Crippen molar-refractivity contribution in [3.05, 3.63) is 11.9 Å². The van der Waals surface area contributed by atoms with Crippen LogP contribution in [0.1, 0.15) is 33.1 Å². The maximum absolute atomic E-state index is 11.7. The highest BCUT2D eigenvalue weighted by Gasteiger charge is 1.88. The van der Waals surface area contributed by atoms with Crippen LogP contribution in [0.5, 0.6) is 0 Å². The first-order valence-electron chi connectivity index (χ1n) is 3.13. The Balaban J connectivity index is 3.38. The summed E-state index contributed by atoms with van der Waals surface area (Å²) in [5.74, 6) is 0. The van der Waals surface area contributed by atoms with Crippen LogP contribution in [0.25, 0.3) is 0 Å². The van der Waals surface area contributed by atoms with Crippen LogP contribution in [0, 0.1) is 0 Å². The van der Waals surface area contributed by atoms with Crippen LogP contribution in [0.3, 0.4) is 0 Å². The van der Waals surface area contributed by atoms with Crippen LogP contribution >= 0.6 is 0 Å². The Kier molecular flexibility index (Phi) is 4.62. The smallest absolute Gasteiger partial charge is 0.0858 e. The average Bonchev–Trinajstić information content (AvgIpc) is 1.83. The SMILES string of the molecule is CCC/C(=C\F)CC. The van der Waals surface area contributed by atoms with E-state index in [-0.39, 0.29) is 0 Å². The molecular weight excluding hydrogens is 103 g/mol. The third kappa shape index (κ3) is 2.78. The second-order valence-corrected chi connectivity index (χ2v) is 1.87. The van der Waals surface area contributed by atoms with Crippen LogP contribution in [-0.2, 0) is 0 Å². The molecule has 0 N–H and O–H groups in total. The molecular formula is C7H13F. The molecule has 0 aliphatic heterocycles. The molecule has 0 aromatic carbocycles. The monoisotopic (exact) mass is 116 g/mol. The van der Waals surface area contributed by atoms with Gasteiger partial charge in [0.05, 0.1) is 6.33 Å². The molecule has 0 aliphatic rings. The first-order chi connectivity index (χ1) is 3.85. The van der Waals surface area contributed by atoms with Crippen molar-refractivity contribution in [2.24, 2.45) is 0 Å². The van der Waals surface area contributed by atoms with Gasteiger partial charge in [-0.25, -0.2) is 4.39 Å². The van der Waals surface area contributed by atoms with Crippen molar-refractivity contribution in [2.45, 2.75) is 33.1 Å². The molecule has 0 nitrogen and oxygen atoms in total. The lowest BCUT2D eigenvalue weighted by atomic mass is 10.1. The van der Waals surface area contributed by atoms with Gasteiger partial charge in [-0.05, 0) is 18.4 Å². The number of hydrogen-bond donors (Lipinski definition) is 0. The van der Waals surface area contributed by atoms with Crippen molar-refractivity contribution in [3.8, 4) is 0 Å². The van der Waals surface area contributed by atoms with E-state index in [1.54, 1.807) is 0 Å². The molecule has 0 aliphatic carbocycles. The summed E-state index contributed by atoms with van der Waals surface area (Å²) in [6, 6.07) is 0. The van der Waals surface area contributed by atoms with Gasteiger partial charge < -0.3 is 0 Å². The summed E-state index contributed by atoms with van der Waals surface area (Å²) in [7, 11) is 0. The van der Waals surface area contributed by atoms with Crippen LogP contribution < -0.4 is 0 Å². The van der Waals surface area contributed by atoms with Gasteiger partial charge in [-0.1, -0.05) is 20.3 Å². The highest BCUT2D eigenvalue weighted by Crippen LogP contribution is 2.07. The molecule has 0 rings (SSSR count). The van der Waals surface area contributed by atoms with Crippen molar-refractivity contribution in [2.75, 3.05) is 0 Å². The standard InChI is InChI=1S/C7H13F/c1-3-5-7(4-2)6-8/h6H,3-5H2,1-2H3/b7-6-. The van der Waals surface area contributed by atoms with E-state index in [0.717, 1.165) is 31.2 Å². The highest BCUT2D eigenvalue weighted by atomic mass is 19.1. The molecule has 0 aromatic heterocycles. The number of rotatable bonds is 3. The lowest BCUT2D eigenvalue weighted by Crippen LogP contribution is -1.76. The van der Waals surface area contributed by atoms with E-state index in [4.69, 9.17) is 0 Å². The van der Waals surface area contributed by atoms with Crippen molar-refractivity contribution >= 4 is 0 Å². The summed E-state index contributed by atoms with van der Waals surface area (Å²) >= 11 is 0. The highest BCUT2D eigenvalue weighted by molar-refractivity contribution is 4.95. The van der Waals surface area contributed by atoms with E-state index >= 15 is 0 Å². The molecule has 0 fully saturated rings. The Morgan fingerprint density at radius 2 is 2.12 bits per heavy atom. The molecule has 0 unspecified atom stereocenters. The Labute approximate surface area is 50.4 Å². The molecule has 1 heteroatoms. The molecule has 0 aromatic rings. The maximum atomic E-state index is 11.7. The first-order valence-corrected chi connectivity index (χ1v) is 3.13. The molecule has 0 amide bonds. The quantitative estimate of drug-likeness (QED) is 0.531. The molecule has 48 valence electrons. The minimum absolute atomic E-state index is 0.726. The van der Waals surface area contributed by atoms with Crippen LogP contribution in [0.4, 0.5) is 4.39 Å². The van der Waals surface area contributed by atoms with Crippen molar-refractivity contribution in [3.63, 3.8) is 0 Å². The van der Waals surface area contributed by atoms with Gasteiger partial charge >= 0.3 is 0 Å².